The highest BCUT2D eigenvalue weighted by Gasteiger charge is 2.11. The lowest BCUT2D eigenvalue weighted by atomic mass is 10.1. The SMILES string of the molecule is CN(C)c1ccc(NC2CCCNC2)cc1. The van der Waals surface area contributed by atoms with E-state index in [0.29, 0.717) is 6.04 Å². The number of hydrogen-bond donors (Lipinski definition) is 2. The summed E-state index contributed by atoms with van der Waals surface area (Å²) in [6.45, 7) is 2.24. The topological polar surface area (TPSA) is 27.3 Å². The third-order valence-corrected chi connectivity index (χ3v) is 3.05. The van der Waals surface area contributed by atoms with Gasteiger partial charge in [-0.3, -0.25) is 0 Å². The Morgan fingerprint density at radius 2 is 2.00 bits per heavy atom. The van der Waals surface area contributed by atoms with Gasteiger partial charge in [-0.05, 0) is 43.7 Å². The Kier molecular flexibility index (Phi) is 3.67. The molecule has 0 spiro atoms. The van der Waals surface area contributed by atoms with Crippen LogP contribution in [0.3, 0.4) is 0 Å². The Balaban J connectivity index is 1.93. The zero-order valence-corrected chi connectivity index (χ0v) is 10.2. The minimum absolute atomic E-state index is 0.582. The molecule has 0 aliphatic carbocycles. The fraction of sp³-hybridized carbons (Fsp3) is 0.538. The highest BCUT2D eigenvalue weighted by Crippen LogP contribution is 2.17. The van der Waals surface area contributed by atoms with E-state index in [1.54, 1.807) is 0 Å². The molecule has 0 bridgehead atoms. The van der Waals surface area contributed by atoms with Crippen molar-refractivity contribution in [3.05, 3.63) is 24.3 Å². The van der Waals surface area contributed by atoms with E-state index in [-0.39, 0.29) is 0 Å². The highest BCUT2D eigenvalue weighted by molar-refractivity contribution is 5.54. The van der Waals surface area contributed by atoms with Crippen LogP contribution >= 0.6 is 0 Å². The number of nitrogens with one attached hydrogen (secondary N) is 2. The molecule has 0 aromatic heterocycles. The first-order valence-electron chi connectivity index (χ1n) is 6.00. The predicted octanol–water partition coefficient (Wildman–Crippen LogP) is 1.92. The maximum Gasteiger partial charge on any atom is 0.0386 e. The lowest BCUT2D eigenvalue weighted by molar-refractivity contribution is 0.480. The Morgan fingerprint density at radius 1 is 1.25 bits per heavy atom. The van der Waals surface area contributed by atoms with Crippen molar-refractivity contribution in [3.63, 3.8) is 0 Å². The van der Waals surface area contributed by atoms with Gasteiger partial charge in [0.1, 0.15) is 0 Å². The van der Waals surface area contributed by atoms with Crippen LogP contribution in [0.25, 0.3) is 0 Å². The molecule has 1 atom stereocenters. The predicted molar refractivity (Wildman–Crippen MR) is 70.3 cm³/mol. The number of anilines is 2. The molecule has 2 N–H and O–H groups in total. The van der Waals surface area contributed by atoms with Gasteiger partial charge in [-0.25, -0.2) is 0 Å². The zero-order valence-electron chi connectivity index (χ0n) is 10.2. The van der Waals surface area contributed by atoms with Crippen LogP contribution in [0.15, 0.2) is 24.3 Å². The number of benzene rings is 1. The quantitative estimate of drug-likeness (QED) is 0.813. The maximum atomic E-state index is 3.57. The summed E-state index contributed by atoms with van der Waals surface area (Å²) in [5.41, 5.74) is 2.46. The van der Waals surface area contributed by atoms with E-state index in [0.717, 1.165) is 13.1 Å². The fourth-order valence-electron chi connectivity index (χ4n) is 2.07. The largest absolute Gasteiger partial charge is 0.381 e. The molecular weight excluding hydrogens is 198 g/mol. The minimum Gasteiger partial charge on any atom is -0.381 e. The molecule has 1 unspecified atom stereocenters. The van der Waals surface area contributed by atoms with Crippen molar-refractivity contribution in [3.8, 4) is 0 Å². The van der Waals surface area contributed by atoms with E-state index < -0.39 is 0 Å². The fourth-order valence-corrected chi connectivity index (χ4v) is 2.07. The standard InChI is InChI=1S/C13H21N3/c1-16(2)13-7-5-11(6-8-13)15-12-4-3-9-14-10-12/h5-8,12,14-15H,3-4,9-10H2,1-2H3. The van der Waals surface area contributed by atoms with Crippen molar-refractivity contribution in [1.29, 1.82) is 0 Å². The highest BCUT2D eigenvalue weighted by atomic mass is 15.1. The van der Waals surface area contributed by atoms with E-state index in [1.807, 2.05) is 0 Å². The van der Waals surface area contributed by atoms with Crippen molar-refractivity contribution >= 4 is 11.4 Å². The van der Waals surface area contributed by atoms with E-state index in [1.165, 1.54) is 24.2 Å². The molecule has 1 aromatic rings. The summed E-state index contributed by atoms with van der Waals surface area (Å²) in [7, 11) is 4.13. The molecule has 3 heteroatoms. The van der Waals surface area contributed by atoms with Crippen molar-refractivity contribution < 1.29 is 0 Å². The van der Waals surface area contributed by atoms with Crippen molar-refractivity contribution in [2.45, 2.75) is 18.9 Å². The first-order chi connectivity index (χ1) is 7.75. The number of rotatable bonds is 3. The molecule has 1 heterocycles. The Labute approximate surface area is 97.8 Å². The molecule has 3 nitrogen and oxygen atoms in total. The van der Waals surface area contributed by atoms with Crippen LogP contribution in [0.5, 0.6) is 0 Å². The molecule has 88 valence electrons. The Hall–Kier alpha value is -1.22. The third-order valence-electron chi connectivity index (χ3n) is 3.05. The maximum absolute atomic E-state index is 3.57. The summed E-state index contributed by atoms with van der Waals surface area (Å²) in [4.78, 5) is 2.12. The first-order valence-corrected chi connectivity index (χ1v) is 6.00. The smallest absolute Gasteiger partial charge is 0.0386 e. The van der Waals surface area contributed by atoms with Crippen LogP contribution in [-0.4, -0.2) is 33.2 Å². The Bertz CT molecular complexity index is 312. The lowest BCUT2D eigenvalue weighted by Gasteiger charge is -2.25. The van der Waals surface area contributed by atoms with Crippen LogP contribution in [0.2, 0.25) is 0 Å². The summed E-state index contributed by atoms with van der Waals surface area (Å²) >= 11 is 0. The molecule has 1 aliphatic rings. The van der Waals surface area contributed by atoms with E-state index in [4.69, 9.17) is 0 Å². The van der Waals surface area contributed by atoms with Crippen LogP contribution in [0, 0.1) is 0 Å². The van der Waals surface area contributed by atoms with Gasteiger partial charge in [0.15, 0.2) is 0 Å². The van der Waals surface area contributed by atoms with Crippen LogP contribution in [0.1, 0.15) is 12.8 Å². The molecule has 0 saturated carbocycles. The second kappa shape index (κ2) is 5.21. The number of piperidine rings is 1. The minimum atomic E-state index is 0.582. The van der Waals surface area contributed by atoms with Gasteiger partial charge in [0.2, 0.25) is 0 Å². The summed E-state index contributed by atoms with van der Waals surface area (Å²) in [5.74, 6) is 0. The van der Waals surface area contributed by atoms with Crippen molar-refractivity contribution in [2.75, 3.05) is 37.4 Å². The normalized spacial score (nSPS) is 20.5. The van der Waals surface area contributed by atoms with E-state index >= 15 is 0 Å². The average Bonchev–Trinajstić information content (AvgIpc) is 2.31. The van der Waals surface area contributed by atoms with Crippen molar-refractivity contribution in [1.82, 2.24) is 5.32 Å². The molecule has 2 rings (SSSR count). The molecule has 1 saturated heterocycles. The van der Waals surface area contributed by atoms with Crippen molar-refractivity contribution in [2.24, 2.45) is 0 Å². The van der Waals surface area contributed by atoms with Crippen LogP contribution in [0.4, 0.5) is 11.4 Å². The molecule has 0 radical (unpaired) electrons. The second-order valence-corrected chi connectivity index (χ2v) is 4.63. The van der Waals surface area contributed by atoms with Gasteiger partial charge < -0.3 is 15.5 Å². The molecule has 0 amide bonds. The molecule has 1 aliphatic heterocycles. The van der Waals surface area contributed by atoms with Crippen LogP contribution < -0.4 is 15.5 Å². The monoisotopic (exact) mass is 219 g/mol. The van der Waals surface area contributed by atoms with Gasteiger partial charge in [0, 0.05) is 38.1 Å². The van der Waals surface area contributed by atoms with Gasteiger partial charge in [-0.2, -0.15) is 0 Å². The first kappa shape index (κ1) is 11.3. The van der Waals surface area contributed by atoms with Gasteiger partial charge in [0.05, 0.1) is 0 Å². The second-order valence-electron chi connectivity index (χ2n) is 4.63. The Morgan fingerprint density at radius 3 is 2.56 bits per heavy atom. The van der Waals surface area contributed by atoms with Gasteiger partial charge in [-0.1, -0.05) is 0 Å². The summed E-state index contributed by atoms with van der Waals surface area (Å²) < 4.78 is 0. The third kappa shape index (κ3) is 2.89. The van der Waals surface area contributed by atoms with Gasteiger partial charge in [-0.15, -0.1) is 0 Å². The molecular formula is C13H21N3. The molecule has 1 fully saturated rings. The summed E-state index contributed by atoms with van der Waals surface area (Å²) in [5, 5.41) is 6.98. The molecule has 1 aromatic carbocycles. The zero-order chi connectivity index (χ0) is 11.4. The summed E-state index contributed by atoms with van der Waals surface area (Å²) in [6.07, 6.45) is 2.54. The van der Waals surface area contributed by atoms with E-state index in [9.17, 15) is 0 Å². The average molecular weight is 219 g/mol. The molecule has 16 heavy (non-hydrogen) atoms. The van der Waals surface area contributed by atoms with Gasteiger partial charge >= 0.3 is 0 Å². The summed E-state index contributed by atoms with van der Waals surface area (Å²) in [6, 6.07) is 9.20. The van der Waals surface area contributed by atoms with Gasteiger partial charge in [0.25, 0.3) is 0 Å². The van der Waals surface area contributed by atoms with E-state index in [2.05, 4.69) is 53.9 Å². The lowest BCUT2D eigenvalue weighted by Crippen LogP contribution is -2.38. The number of hydrogen-bond acceptors (Lipinski definition) is 3. The number of nitrogens with zero attached hydrogens (tertiary/aromatic N) is 1. The van der Waals surface area contributed by atoms with Crippen LogP contribution in [-0.2, 0) is 0 Å².